The average molecular weight is 107 g/mol. The van der Waals surface area contributed by atoms with Gasteiger partial charge in [-0.05, 0) is 12.5 Å². The molecule has 0 aliphatic heterocycles. The standard InChI is InChI=1S/C2H6S.BH2O2/c1-3-2;2-1-3/h1-2H3;2-3H. The Labute approximate surface area is 42.9 Å². The smallest absolute Gasteiger partial charge is 0.429 e. The Morgan fingerprint density at radius 1 is 1.33 bits per heavy atom. The van der Waals surface area contributed by atoms with E-state index in [0.717, 1.165) is 0 Å². The first-order valence-electron chi connectivity index (χ1n) is 1.33. The zero-order valence-corrected chi connectivity index (χ0v) is 4.70. The molecule has 0 aromatic heterocycles. The van der Waals surface area contributed by atoms with Crippen LogP contribution in [0.4, 0.5) is 0 Å². The van der Waals surface area contributed by atoms with Gasteiger partial charge in [0, 0.05) is 0 Å². The van der Waals surface area contributed by atoms with Crippen molar-refractivity contribution in [3.8, 4) is 0 Å². The van der Waals surface area contributed by atoms with Gasteiger partial charge in [-0.2, -0.15) is 11.8 Å². The highest BCUT2D eigenvalue weighted by Gasteiger charge is 1.51. The highest BCUT2D eigenvalue weighted by Crippen LogP contribution is 1.70. The molecule has 6 heavy (non-hydrogen) atoms. The third-order valence-corrected chi connectivity index (χ3v) is 0. The maximum absolute atomic E-state index is 7.00. The van der Waals surface area contributed by atoms with Crippen LogP contribution >= 0.6 is 11.8 Å². The third kappa shape index (κ3) is 430. The first-order valence-corrected chi connectivity index (χ1v) is 2.97. The van der Waals surface area contributed by atoms with Crippen molar-refractivity contribution < 1.29 is 10.0 Å². The van der Waals surface area contributed by atoms with E-state index in [-0.39, 0.29) is 7.69 Å². The molecule has 0 aliphatic rings. The molecule has 2 nitrogen and oxygen atoms in total. The van der Waals surface area contributed by atoms with E-state index in [2.05, 4.69) is 0 Å². The Balaban J connectivity index is 0. The van der Waals surface area contributed by atoms with Gasteiger partial charge in [-0.25, -0.2) is 0 Å². The Kier molecular flexibility index (Phi) is 29.4. The van der Waals surface area contributed by atoms with E-state index in [1.165, 1.54) is 0 Å². The molecule has 1 radical (unpaired) electrons. The fraction of sp³-hybridized carbons (Fsp3) is 1.00. The van der Waals surface area contributed by atoms with Gasteiger partial charge in [0.15, 0.2) is 0 Å². The number of hydrogen-bond donors (Lipinski definition) is 2. The molecule has 0 bridgehead atoms. The molecule has 0 atom stereocenters. The van der Waals surface area contributed by atoms with Crippen molar-refractivity contribution in [2.45, 2.75) is 0 Å². The van der Waals surface area contributed by atoms with Gasteiger partial charge < -0.3 is 10.0 Å². The zero-order valence-electron chi connectivity index (χ0n) is 3.88. The molecule has 0 rings (SSSR count). The summed E-state index contributed by atoms with van der Waals surface area (Å²) in [6, 6.07) is 0. The van der Waals surface area contributed by atoms with Gasteiger partial charge in [0.2, 0.25) is 0 Å². The summed E-state index contributed by atoms with van der Waals surface area (Å²) in [7, 11) is 0. The summed E-state index contributed by atoms with van der Waals surface area (Å²) < 4.78 is 0. The van der Waals surface area contributed by atoms with Crippen LogP contribution < -0.4 is 0 Å². The molecule has 4 heteroatoms. The molecule has 0 aromatic rings. The summed E-state index contributed by atoms with van der Waals surface area (Å²) in [6.45, 7) is 0. The van der Waals surface area contributed by atoms with Gasteiger partial charge in [0.05, 0.1) is 0 Å². The molecule has 0 heterocycles. The molecular weight excluding hydrogens is 98.9 g/mol. The fourth-order valence-electron chi connectivity index (χ4n) is 0. The van der Waals surface area contributed by atoms with Gasteiger partial charge in [-0.3, -0.25) is 0 Å². The van der Waals surface area contributed by atoms with Crippen LogP contribution in [-0.2, 0) is 0 Å². The second-order valence-electron chi connectivity index (χ2n) is 0.524. The van der Waals surface area contributed by atoms with Gasteiger partial charge in [0.25, 0.3) is 0 Å². The maximum atomic E-state index is 7.00. The molecule has 0 aliphatic carbocycles. The lowest BCUT2D eigenvalue weighted by atomic mass is 10.5. The highest BCUT2D eigenvalue weighted by atomic mass is 32.2. The first-order chi connectivity index (χ1) is 2.83. The predicted molar refractivity (Wildman–Crippen MR) is 29.6 cm³/mol. The Morgan fingerprint density at radius 2 is 1.33 bits per heavy atom. The van der Waals surface area contributed by atoms with Crippen LogP contribution in [-0.4, -0.2) is 30.2 Å². The van der Waals surface area contributed by atoms with Crippen LogP contribution in [0.3, 0.4) is 0 Å². The van der Waals surface area contributed by atoms with Crippen LogP contribution in [0.2, 0.25) is 0 Å². The minimum absolute atomic E-state index is 0. The fourth-order valence-corrected chi connectivity index (χ4v) is 0. The quantitative estimate of drug-likeness (QED) is 0.409. The van der Waals surface area contributed by atoms with Crippen LogP contribution in [0.5, 0.6) is 0 Å². The largest absolute Gasteiger partial charge is 0.482 e. The lowest BCUT2D eigenvalue weighted by Crippen LogP contribution is -1.75. The van der Waals surface area contributed by atoms with Crippen LogP contribution in [0.25, 0.3) is 0 Å². The Bertz CT molecular complexity index is 13.5. The summed E-state index contributed by atoms with van der Waals surface area (Å²) in [6.07, 6.45) is 4.08. The van der Waals surface area contributed by atoms with Gasteiger partial charge in [-0.15, -0.1) is 0 Å². The van der Waals surface area contributed by atoms with Crippen molar-refractivity contribution >= 4 is 19.4 Å². The van der Waals surface area contributed by atoms with E-state index >= 15 is 0 Å². The summed E-state index contributed by atoms with van der Waals surface area (Å²) in [5, 5.41) is 14.0. The lowest BCUT2D eigenvalue weighted by Gasteiger charge is -1.51. The first kappa shape index (κ1) is 9.59. The topological polar surface area (TPSA) is 40.5 Å². The summed E-state index contributed by atoms with van der Waals surface area (Å²) >= 11 is 1.75. The number of hydrogen-bond acceptors (Lipinski definition) is 3. The van der Waals surface area contributed by atoms with E-state index in [0.29, 0.717) is 0 Å². The molecule has 0 amide bonds. The number of rotatable bonds is 0. The normalized spacial score (nSPS) is 5.33. The van der Waals surface area contributed by atoms with Crippen LogP contribution in [0.15, 0.2) is 0 Å². The van der Waals surface area contributed by atoms with Crippen LogP contribution in [0.1, 0.15) is 0 Å². The molecule has 0 unspecified atom stereocenters. The van der Waals surface area contributed by atoms with Gasteiger partial charge in [-0.1, -0.05) is 0 Å². The van der Waals surface area contributed by atoms with Crippen molar-refractivity contribution in [1.29, 1.82) is 0 Å². The van der Waals surface area contributed by atoms with Crippen LogP contribution in [0, 0.1) is 0 Å². The van der Waals surface area contributed by atoms with E-state index in [1.54, 1.807) is 11.8 Å². The second-order valence-corrected chi connectivity index (χ2v) is 1.34. The molecule has 0 saturated carbocycles. The van der Waals surface area contributed by atoms with Crippen molar-refractivity contribution in [1.82, 2.24) is 0 Å². The Hall–Kier alpha value is 0.335. The van der Waals surface area contributed by atoms with Crippen molar-refractivity contribution in [3.63, 3.8) is 0 Å². The summed E-state index contributed by atoms with van der Waals surface area (Å²) in [5.74, 6) is 0. The van der Waals surface area contributed by atoms with Crippen molar-refractivity contribution in [3.05, 3.63) is 0 Å². The summed E-state index contributed by atoms with van der Waals surface area (Å²) in [5.41, 5.74) is 0. The SMILES string of the molecule is CSC.O[B]O. The maximum Gasteiger partial charge on any atom is 0.482 e. The molecule has 0 saturated heterocycles. The highest BCUT2D eigenvalue weighted by molar-refractivity contribution is 7.97. The lowest BCUT2D eigenvalue weighted by molar-refractivity contribution is 0.448. The number of thioether (sulfide) groups is 1. The molecule has 2 N–H and O–H groups in total. The molecule has 0 fully saturated rings. The molecular formula is C2H8BO2S. The van der Waals surface area contributed by atoms with E-state index < -0.39 is 0 Å². The zero-order chi connectivity index (χ0) is 5.41. The average Bonchev–Trinajstić information content (AvgIpc) is 1.39. The Morgan fingerprint density at radius 3 is 1.33 bits per heavy atom. The minimum Gasteiger partial charge on any atom is -0.429 e. The van der Waals surface area contributed by atoms with Gasteiger partial charge >= 0.3 is 7.69 Å². The summed E-state index contributed by atoms with van der Waals surface area (Å²) in [4.78, 5) is 0. The predicted octanol–water partition coefficient (Wildman–Crippen LogP) is -0.516. The van der Waals surface area contributed by atoms with Crippen molar-refractivity contribution in [2.24, 2.45) is 0 Å². The van der Waals surface area contributed by atoms with E-state index in [4.69, 9.17) is 10.0 Å². The van der Waals surface area contributed by atoms with E-state index in [1.807, 2.05) is 12.5 Å². The second kappa shape index (κ2) is 18.4. The molecule has 0 aromatic carbocycles. The monoisotopic (exact) mass is 107 g/mol. The molecule has 37 valence electrons. The van der Waals surface area contributed by atoms with Crippen molar-refractivity contribution in [2.75, 3.05) is 12.5 Å². The molecule has 0 spiro atoms. The van der Waals surface area contributed by atoms with E-state index in [9.17, 15) is 0 Å². The van der Waals surface area contributed by atoms with Gasteiger partial charge in [0.1, 0.15) is 0 Å². The third-order valence-electron chi connectivity index (χ3n) is 0. The minimum atomic E-state index is 0.